The molecular weight excluding hydrogens is 291 g/mol. The molecule has 1 aromatic carbocycles. The predicted octanol–water partition coefficient (Wildman–Crippen LogP) is 5.01. The van der Waals surface area contributed by atoms with Crippen LogP contribution in [0.1, 0.15) is 16.8 Å². The van der Waals surface area contributed by atoms with Crippen LogP contribution in [0.3, 0.4) is 0 Å². The zero-order valence-electron chi connectivity index (χ0n) is 11.3. The second-order valence-electron chi connectivity index (χ2n) is 4.92. The van der Waals surface area contributed by atoms with Gasteiger partial charge in [-0.25, -0.2) is 4.98 Å². The molecule has 3 rings (SSSR count). The first-order chi connectivity index (χ1) is 9.60. The van der Waals surface area contributed by atoms with E-state index in [2.05, 4.69) is 37.0 Å². The van der Waals surface area contributed by atoms with Crippen molar-refractivity contribution in [2.24, 2.45) is 0 Å². The third-order valence-corrected chi connectivity index (χ3v) is 4.07. The van der Waals surface area contributed by atoms with E-state index in [0.29, 0.717) is 10.9 Å². The number of halogens is 2. The van der Waals surface area contributed by atoms with Gasteiger partial charge < -0.3 is 4.40 Å². The number of imidazole rings is 1. The third-order valence-electron chi connectivity index (χ3n) is 3.59. The lowest BCUT2D eigenvalue weighted by Gasteiger charge is -2.05. The summed E-state index contributed by atoms with van der Waals surface area (Å²) in [6.07, 6.45) is 1.85. The molecule has 4 heteroatoms. The number of benzene rings is 1. The zero-order chi connectivity index (χ0) is 14.3. The lowest BCUT2D eigenvalue weighted by Crippen LogP contribution is -1.91. The van der Waals surface area contributed by atoms with Crippen molar-refractivity contribution >= 4 is 28.8 Å². The number of nitrogens with zero attached hydrogens (tertiary/aromatic N) is 2. The number of aryl methyl sites for hydroxylation is 2. The van der Waals surface area contributed by atoms with Gasteiger partial charge in [0, 0.05) is 11.8 Å². The van der Waals surface area contributed by atoms with Gasteiger partial charge in [0.05, 0.1) is 22.3 Å². The van der Waals surface area contributed by atoms with Gasteiger partial charge in [-0.2, -0.15) is 0 Å². The Morgan fingerprint density at radius 2 is 1.90 bits per heavy atom. The fraction of sp³-hybridized carbons (Fsp3) is 0.188. The van der Waals surface area contributed by atoms with Crippen LogP contribution >= 0.6 is 23.2 Å². The van der Waals surface area contributed by atoms with Crippen LogP contribution in [0.15, 0.2) is 36.5 Å². The maximum atomic E-state index is 6.12. The normalized spacial score (nSPS) is 11.2. The van der Waals surface area contributed by atoms with Gasteiger partial charge in [0.25, 0.3) is 0 Å². The van der Waals surface area contributed by atoms with E-state index in [4.69, 9.17) is 23.2 Å². The van der Waals surface area contributed by atoms with E-state index < -0.39 is 0 Å². The summed E-state index contributed by atoms with van der Waals surface area (Å²) in [5.41, 5.74) is 6.35. The molecule has 0 N–H and O–H groups in total. The molecule has 0 bridgehead atoms. The Hall–Kier alpha value is -1.51. The minimum Gasteiger partial charge on any atom is -0.301 e. The monoisotopic (exact) mass is 304 g/mol. The number of rotatable bonds is 2. The number of hydrogen-bond acceptors (Lipinski definition) is 1. The van der Waals surface area contributed by atoms with E-state index in [9.17, 15) is 0 Å². The first kappa shape index (κ1) is 13.5. The maximum absolute atomic E-state index is 6.12. The molecule has 102 valence electrons. The second kappa shape index (κ2) is 5.12. The summed E-state index contributed by atoms with van der Waals surface area (Å²) in [7, 11) is 0. The molecule has 20 heavy (non-hydrogen) atoms. The molecule has 0 aliphatic rings. The van der Waals surface area contributed by atoms with Gasteiger partial charge in [0.2, 0.25) is 0 Å². The number of alkyl halides is 1. The topological polar surface area (TPSA) is 17.3 Å². The number of aromatic nitrogens is 2. The molecule has 0 saturated carbocycles. The molecule has 0 fully saturated rings. The molecule has 0 atom stereocenters. The van der Waals surface area contributed by atoms with Gasteiger partial charge in [0.1, 0.15) is 5.65 Å². The number of fused-ring (bicyclic) bond motifs is 1. The van der Waals surface area contributed by atoms with E-state index in [1.165, 1.54) is 11.1 Å². The summed E-state index contributed by atoms with van der Waals surface area (Å²) in [6, 6.07) is 10.1. The van der Waals surface area contributed by atoms with Gasteiger partial charge in [0.15, 0.2) is 0 Å². The van der Waals surface area contributed by atoms with E-state index in [1.54, 1.807) is 0 Å². The summed E-state index contributed by atoms with van der Waals surface area (Å²) in [6.45, 7) is 4.21. The summed E-state index contributed by atoms with van der Waals surface area (Å²) in [4.78, 5) is 4.69. The Kier molecular flexibility index (Phi) is 3.45. The van der Waals surface area contributed by atoms with Crippen LogP contribution in [0, 0.1) is 13.8 Å². The summed E-state index contributed by atoms with van der Waals surface area (Å²) in [5, 5.41) is 0.674. The van der Waals surface area contributed by atoms with Crippen molar-refractivity contribution in [1.29, 1.82) is 0 Å². The lowest BCUT2D eigenvalue weighted by molar-refractivity contribution is 1.09. The van der Waals surface area contributed by atoms with Crippen LogP contribution < -0.4 is 0 Å². The molecule has 0 unspecified atom stereocenters. The highest BCUT2D eigenvalue weighted by molar-refractivity contribution is 6.30. The van der Waals surface area contributed by atoms with Crippen LogP contribution in [0.25, 0.3) is 16.9 Å². The highest BCUT2D eigenvalue weighted by Gasteiger charge is 2.13. The van der Waals surface area contributed by atoms with Crippen LogP contribution in [0.4, 0.5) is 0 Å². The third kappa shape index (κ3) is 2.19. The standard InChI is InChI=1S/C16H14Cl2N2/c1-10-3-4-12(7-11(10)2)16-14(8-17)20-9-13(18)5-6-15(20)19-16/h3-7,9H,8H2,1-2H3. The molecule has 3 aromatic rings. The van der Waals surface area contributed by atoms with Crippen LogP contribution in [-0.4, -0.2) is 9.38 Å². The van der Waals surface area contributed by atoms with Gasteiger partial charge in [-0.3, -0.25) is 0 Å². The number of hydrogen-bond donors (Lipinski definition) is 0. The molecule has 0 saturated heterocycles. The Balaban J connectivity index is 2.27. The van der Waals surface area contributed by atoms with E-state index in [1.807, 2.05) is 22.7 Å². The Morgan fingerprint density at radius 1 is 1.10 bits per heavy atom. The van der Waals surface area contributed by atoms with Crippen molar-refractivity contribution in [2.75, 3.05) is 0 Å². The van der Waals surface area contributed by atoms with Gasteiger partial charge in [-0.1, -0.05) is 23.7 Å². The van der Waals surface area contributed by atoms with Crippen LogP contribution in [-0.2, 0) is 5.88 Å². The van der Waals surface area contributed by atoms with Crippen molar-refractivity contribution < 1.29 is 0 Å². The fourth-order valence-electron chi connectivity index (χ4n) is 2.31. The SMILES string of the molecule is Cc1ccc(-c2nc3ccc(Cl)cn3c2CCl)cc1C. The average molecular weight is 305 g/mol. The quantitative estimate of drug-likeness (QED) is 0.608. The summed E-state index contributed by atoms with van der Waals surface area (Å²) in [5.74, 6) is 0.393. The fourth-order valence-corrected chi connectivity index (χ4v) is 2.73. The first-order valence-corrected chi connectivity index (χ1v) is 7.31. The van der Waals surface area contributed by atoms with E-state index >= 15 is 0 Å². The van der Waals surface area contributed by atoms with Gasteiger partial charge >= 0.3 is 0 Å². The minimum atomic E-state index is 0.393. The molecule has 2 aromatic heterocycles. The second-order valence-corrected chi connectivity index (χ2v) is 5.62. The minimum absolute atomic E-state index is 0.393. The summed E-state index contributed by atoms with van der Waals surface area (Å²) < 4.78 is 1.96. The molecule has 0 spiro atoms. The maximum Gasteiger partial charge on any atom is 0.137 e. The lowest BCUT2D eigenvalue weighted by atomic mass is 10.0. The summed E-state index contributed by atoms with van der Waals surface area (Å²) >= 11 is 12.2. The average Bonchev–Trinajstić information content (AvgIpc) is 2.79. The van der Waals surface area contributed by atoms with Crippen molar-refractivity contribution in [3.05, 3.63) is 58.4 Å². The van der Waals surface area contributed by atoms with E-state index in [0.717, 1.165) is 22.6 Å². The smallest absolute Gasteiger partial charge is 0.137 e. The molecule has 0 aliphatic carbocycles. The van der Waals surface area contributed by atoms with Gasteiger partial charge in [-0.15, -0.1) is 11.6 Å². The highest BCUT2D eigenvalue weighted by Crippen LogP contribution is 2.28. The molecule has 0 amide bonds. The van der Waals surface area contributed by atoms with Crippen molar-refractivity contribution in [2.45, 2.75) is 19.7 Å². The van der Waals surface area contributed by atoms with Crippen molar-refractivity contribution in [3.8, 4) is 11.3 Å². The molecule has 2 nitrogen and oxygen atoms in total. The highest BCUT2D eigenvalue weighted by atomic mass is 35.5. The van der Waals surface area contributed by atoms with Crippen LogP contribution in [0.5, 0.6) is 0 Å². The Labute approximate surface area is 128 Å². The Morgan fingerprint density at radius 3 is 2.60 bits per heavy atom. The van der Waals surface area contributed by atoms with Crippen molar-refractivity contribution in [3.63, 3.8) is 0 Å². The zero-order valence-corrected chi connectivity index (χ0v) is 12.8. The van der Waals surface area contributed by atoms with Crippen LogP contribution in [0.2, 0.25) is 5.02 Å². The number of pyridine rings is 1. The molecular formula is C16H14Cl2N2. The largest absolute Gasteiger partial charge is 0.301 e. The van der Waals surface area contributed by atoms with Gasteiger partial charge in [-0.05, 0) is 43.2 Å². The first-order valence-electron chi connectivity index (χ1n) is 6.40. The Bertz CT molecular complexity index is 791. The molecule has 0 radical (unpaired) electrons. The molecule has 2 heterocycles. The predicted molar refractivity (Wildman–Crippen MR) is 84.7 cm³/mol. The van der Waals surface area contributed by atoms with E-state index in [-0.39, 0.29) is 0 Å². The molecule has 0 aliphatic heterocycles. The van der Waals surface area contributed by atoms with Crippen molar-refractivity contribution in [1.82, 2.24) is 9.38 Å².